The van der Waals surface area contributed by atoms with Crippen molar-refractivity contribution >= 4 is 12.0 Å². The number of amides is 2. The van der Waals surface area contributed by atoms with E-state index in [1.807, 2.05) is 5.43 Å². The molecule has 1 atom stereocenters. The molecule has 62 valence electrons. The third kappa shape index (κ3) is 1.25. The van der Waals surface area contributed by atoms with Crippen molar-refractivity contribution in [1.29, 1.82) is 0 Å². The summed E-state index contributed by atoms with van der Waals surface area (Å²) < 4.78 is 0. The summed E-state index contributed by atoms with van der Waals surface area (Å²) in [5, 5.41) is 8.45. The quantitative estimate of drug-likeness (QED) is 0.252. The Morgan fingerprint density at radius 1 is 1.64 bits per heavy atom. The normalized spacial score (nSPS) is 22.3. The minimum atomic E-state index is -1.08. The van der Waals surface area contributed by atoms with Crippen LogP contribution in [-0.4, -0.2) is 34.6 Å². The van der Waals surface area contributed by atoms with Crippen LogP contribution in [0.3, 0.4) is 0 Å². The molecule has 0 aromatic heterocycles. The smallest absolute Gasteiger partial charge is 0.407 e. The lowest BCUT2D eigenvalue weighted by molar-refractivity contribution is -0.129. The van der Waals surface area contributed by atoms with E-state index < -0.39 is 18.0 Å². The number of hydrazine groups is 1. The highest BCUT2D eigenvalue weighted by Crippen LogP contribution is 2.16. The third-order valence-corrected chi connectivity index (χ3v) is 1.71. The maximum absolute atomic E-state index is 10.8. The number of nitrogens with two attached hydrogens (primary N) is 1. The molecule has 0 aliphatic carbocycles. The maximum Gasteiger partial charge on any atom is 0.407 e. The lowest BCUT2D eigenvalue weighted by atomic mass is 10.0. The van der Waals surface area contributed by atoms with Crippen LogP contribution < -0.4 is 11.3 Å². The van der Waals surface area contributed by atoms with Gasteiger partial charge in [-0.25, -0.2) is 10.6 Å². The molecule has 2 amide bonds. The van der Waals surface area contributed by atoms with Gasteiger partial charge in [0.1, 0.15) is 6.04 Å². The summed E-state index contributed by atoms with van der Waals surface area (Å²) in [6.45, 7) is 0.410. The summed E-state index contributed by atoms with van der Waals surface area (Å²) in [6, 6.07) is -0.586. The molecule has 0 radical (unpaired) electrons. The highest BCUT2D eigenvalue weighted by molar-refractivity contribution is 5.86. The average Bonchev–Trinajstić information content (AvgIpc) is 1.83. The van der Waals surface area contributed by atoms with Crippen molar-refractivity contribution < 1.29 is 14.7 Å². The number of rotatable bonds is 1. The molecule has 6 heteroatoms. The van der Waals surface area contributed by atoms with Crippen molar-refractivity contribution in [3.05, 3.63) is 0 Å². The van der Waals surface area contributed by atoms with Crippen LogP contribution in [-0.2, 0) is 4.79 Å². The Morgan fingerprint density at radius 3 is 2.55 bits per heavy atom. The Balaban J connectivity index is 2.49. The van der Waals surface area contributed by atoms with E-state index in [-0.39, 0.29) is 0 Å². The largest absolute Gasteiger partial charge is 0.465 e. The zero-order valence-electron chi connectivity index (χ0n) is 5.78. The van der Waals surface area contributed by atoms with E-state index in [4.69, 9.17) is 10.9 Å². The predicted molar refractivity (Wildman–Crippen MR) is 35.5 cm³/mol. The first-order chi connectivity index (χ1) is 5.16. The number of likely N-dealkylation sites (tertiary alicyclic amines) is 1. The van der Waals surface area contributed by atoms with Gasteiger partial charge in [-0.15, -0.1) is 0 Å². The van der Waals surface area contributed by atoms with Crippen molar-refractivity contribution in [2.24, 2.45) is 5.84 Å². The molecule has 1 heterocycles. The van der Waals surface area contributed by atoms with E-state index in [1.165, 1.54) is 0 Å². The number of carbonyl (C=O) groups excluding carboxylic acids is 1. The lowest BCUT2D eigenvalue weighted by Gasteiger charge is -2.36. The van der Waals surface area contributed by atoms with Gasteiger partial charge in [0, 0.05) is 6.54 Å². The second-order valence-electron chi connectivity index (χ2n) is 2.29. The minimum Gasteiger partial charge on any atom is -0.465 e. The molecular formula is C5H9N3O3. The summed E-state index contributed by atoms with van der Waals surface area (Å²) in [6.07, 6.45) is -0.528. The summed E-state index contributed by atoms with van der Waals surface area (Å²) in [5.74, 6) is 4.38. The standard InChI is InChI=1S/C5H9N3O3/c6-7-4(9)3-1-2-8(3)5(10)11/h3H,1-2,6H2,(H,7,9)(H,10,11)/t3-/m0/s1. The molecule has 1 aliphatic rings. The first-order valence-corrected chi connectivity index (χ1v) is 3.17. The zero-order valence-corrected chi connectivity index (χ0v) is 5.78. The van der Waals surface area contributed by atoms with Gasteiger partial charge in [-0.1, -0.05) is 0 Å². The molecule has 1 rings (SSSR count). The van der Waals surface area contributed by atoms with Gasteiger partial charge in [-0.2, -0.15) is 0 Å². The second-order valence-corrected chi connectivity index (χ2v) is 2.29. The predicted octanol–water partition coefficient (Wildman–Crippen LogP) is -1.27. The average molecular weight is 159 g/mol. The molecule has 11 heavy (non-hydrogen) atoms. The number of carbonyl (C=O) groups is 2. The number of carboxylic acid groups (broad SMARTS) is 1. The van der Waals surface area contributed by atoms with Crippen LogP contribution in [0.25, 0.3) is 0 Å². The fraction of sp³-hybridized carbons (Fsp3) is 0.600. The maximum atomic E-state index is 10.8. The Morgan fingerprint density at radius 2 is 2.27 bits per heavy atom. The zero-order chi connectivity index (χ0) is 8.43. The van der Waals surface area contributed by atoms with Gasteiger partial charge in [0.2, 0.25) is 0 Å². The van der Waals surface area contributed by atoms with Gasteiger partial charge in [0.25, 0.3) is 5.91 Å². The molecule has 0 aromatic carbocycles. The number of nitrogens with zero attached hydrogens (tertiary/aromatic N) is 1. The number of hydrogen-bond donors (Lipinski definition) is 3. The van der Waals surface area contributed by atoms with E-state index in [1.54, 1.807) is 0 Å². The SMILES string of the molecule is NNC(=O)[C@@H]1CCN1C(=O)O. The van der Waals surface area contributed by atoms with Gasteiger partial charge >= 0.3 is 6.09 Å². The molecule has 1 aliphatic heterocycles. The Bertz CT molecular complexity index is 193. The number of hydrogen-bond acceptors (Lipinski definition) is 3. The summed E-state index contributed by atoms with van der Waals surface area (Å²) in [4.78, 5) is 22.1. The van der Waals surface area contributed by atoms with E-state index >= 15 is 0 Å². The highest BCUT2D eigenvalue weighted by Gasteiger charge is 2.37. The van der Waals surface area contributed by atoms with E-state index in [0.717, 1.165) is 4.90 Å². The molecule has 6 nitrogen and oxygen atoms in total. The monoisotopic (exact) mass is 159 g/mol. The van der Waals surface area contributed by atoms with E-state index in [2.05, 4.69) is 0 Å². The number of nitrogens with one attached hydrogen (secondary N) is 1. The molecule has 1 saturated heterocycles. The third-order valence-electron chi connectivity index (χ3n) is 1.71. The van der Waals surface area contributed by atoms with Crippen molar-refractivity contribution in [2.45, 2.75) is 12.5 Å². The van der Waals surface area contributed by atoms with Crippen molar-refractivity contribution in [3.63, 3.8) is 0 Å². The summed E-state index contributed by atoms with van der Waals surface area (Å²) in [7, 11) is 0. The Hall–Kier alpha value is -1.30. The van der Waals surface area contributed by atoms with Crippen LogP contribution in [0.2, 0.25) is 0 Å². The minimum absolute atomic E-state index is 0.410. The molecule has 0 saturated carbocycles. The second kappa shape index (κ2) is 2.75. The molecular weight excluding hydrogens is 150 g/mol. The highest BCUT2D eigenvalue weighted by atomic mass is 16.4. The molecule has 0 aromatic rings. The summed E-state index contributed by atoms with van der Waals surface area (Å²) in [5.41, 5.74) is 1.91. The van der Waals surface area contributed by atoms with Gasteiger partial charge in [-0.3, -0.25) is 15.1 Å². The van der Waals surface area contributed by atoms with Gasteiger partial charge in [0.15, 0.2) is 0 Å². The van der Waals surface area contributed by atoms with Crippen molar-refractivity contribution in [2.75, 3.05) is 6.54 Å². The van der Waals surface area contributed by atoms with Crippen LogP contribution in [0.1, 0.15) is 6.42 Å². The van der Waals surface area contributed by atoms with Crippen LogP contribution in [0, 0.1) is 0 Å². The van der Waals surface area contributed by atoms with E-state index in [9.17, 15) is 9.59 Å². The molecule has 0 unspecified atom stereocenters. The summed E-state index contributed by atoms with van der Waals surface area (Å²) >= 11 is 0. The first kappa shape index (κ1) is 7.80. The first-order valence-electron chi connectivity index (χ1n) is 3.17. The van der Waals surface area contributed by atoms with E-state index in [0.29, 0.717) is 13.0 Å². The fourth-order valence-electron chi connectivity index (χ4n) is 0.985. The van der Waals surface area contributed by atoms with Crippen LogP contribution in [0.15, 0.2) is 0 Å². The Labute approximate surface area is 62.9 Å². The van der Waals surface area contributed by atoms with Crippen molar-refractivity contribution in [3.8, 4) is 0 Å². The molecule has 0 spiro atoms. The van der Waals surface area contributed by atoms with Crippen LogP contribution in [0.4, 0.5) is 4.79 Å². The van der Waals surface area contributed by atoms with Crippen molar-refractivity contribution in [1.82, 2.24) is 10.3 Å². The molecule has 0 bridgehead atoms. The molecule has 1 fully saturated rings. The van der Waals surface area contributed by atoms with Crippen LogP contribution in [0.5, 0.6) is 0 Å². The lowest BCUT2D eigenvalue weighted by Crippen LogP contribution is -2.58. The van der Waals surface area contributed by atoms with Crippen LogP contribution >= 0.6 is 0 Å². The Kier molecular flexibility index (Phi) is 1.95. The van der Waals surface area contributed by atoms with Gasteiger partial charge in [0.05, 0.1) is 0 Å². The van der Waals surface area contributed by atoms with Gasteiger partial charge in [-0.05, 0) is 6.42 Å². The topological polar surface area (TPSA) is 95.7 Å². The molecule has 4 N–H and O–H groups in total. The van der Waals surface area contributed by atoms with Gasteiger partial charge < -0.3 is 5.11 Å². The fourth-order valence-corrected chi connectivity index (χ4v) is 0.985.